The Morgan fingerprint density at radius 3 is 2.31 bits per heavy atom. The van der Waals surface area contributed by atoms with E-state index >= 15 is 0 Å². The van der Waals surface area contributed by atoms with E-state index in [1.54, 1.807) is 32.0 Å². The van der Waals surface area contributed by atoms with Gasteiger partial charge < -0.3 is 19.3 Å². The van der Waals surface area contributed by atoms with Crippen molar-refractivity contribution >= 4 is 5.65 Å². The lowest BCUT2D eigenvalue weighted by atomic mass is 10.1. The van der Waals surface area contributed by atoms with Gasteiger partial charge in [-0.25, -0.2) is 9.50 Å². The molecule has 7 nitrogen and oxygen atoms in total. The Kier molecular flexibility index (Phi) is 5.05. The van der Waals surface area contributed by atoms with Gasteiger partial charge in [0.05, 0.1) is 45.5 Å². The molecular formula is C22H21N3O4. The molecule has 0 radical (unpaired) electrons. The molecule has 0 aliphatic heterocycles. The van der Waals surface area contributed by atoms with Crippen LogP contribution in [0.2, 0.25) is 0 Å². The molecule has 4 rings (SSSR count). The lowest BCUT2D eigenvalue weighted by Crippen LogP contribution is -1.99. The summed E-state index contributed by atoms with van der Waals surface area (Å²) in [7, 11) is 4.74. The van der Waals surface area contributed by atoms with Crippen molar-refractivity contribution in [3.05, 3.63) is 60.3 Å². The molecule has 0 aliphatic carbocycles. The fourth-order valence-corrected chi connectivity index (χ4v) is 3.28. The number of aliphatic hydroxyl groups excluding tert-OH is 1. The summed E-state index contributed by atoms with van der Waals surface area (Å²) in [4.78, 5) is 4.45. The van der Waals surface area contributed by atoms with Crippen LogP contribution in [0, 0.1) is 0 Å². The third-order valence-corrected chi connectivity index (χ3v) is 4.73. The van der Waals surface area contributed by atoms with Gasteiger partial charge in [0.15, 0.2) is 17.1 Å². The molecule has 2 heterocycles. The fourth-order valence-electron chi connectivity index (χ4n) is 3.28. The lowest BCUT2D eigenvalue weighted by Gasteiger charge is -2.14. The molecule has 29 heavy (non-hydrogen) atoms. The smallest absolute Gasteiger partial charge is 0.203 e. The van der Waals surface area contributed by atoms with Gasteiger partial charge in [0.1, 0.15) is 0 Å². The van der Waals surface area contributed by atoms with Crippen LogP contribution in [0.25, 0.3) is 28.2 Å². The first kappa shape index (κ1) is 18.8. The highest BCUT2D eigenvalue weighted by atomic mass is 16.5. The second kappa shape index (κ2) is 7.81. The molecule has 0 amide bonds. The molecule has 7 heteroatoms. The Hall–Kier alpha value is -3.58. The maximum absolute atomic E-state index is 9.44. The lowest BCUT2D eigenvalue weighted by molar-refractivity contribution is 0.282. The van der Waals surface area contributed by atoms with Crippen molar-refractivity contribution in [1.82, 2.24) is 14.6 Å². The zero-order valence-electron chi connectivity index (χ0n) is 16.4. The average molecular weight is 391 g/mol. The molecule has 0 saturated heterocycles. The first-order valence-electron chi connectivity index (χ1n) is 9.03. The zero-order valence-corrected chi connectivity index (χ0v) is 16.4. The molecule has 0 fully saturated rings. The van der Waals surface area contributed by atoms with Gasteiger partial charge in [-0.1, -0.05) is 18.2 Å². The number of nitrogens with zero attached hydrogens (tertiary/aromatic N) is 3. The van der Waals surface area contributed by atoms with E-state index in [4.69, 9.17) is 19.3 Å². The van der Waals surface area contributed by atoms with Gasteiger partial charge >= 0.3 is 0 Å². The van der Waals surface area contributed by atoms with Crippen LogP contribution >= 0.6 is 0 Å². The van der Waals surface area contributed by atoms with Crippen LogP contribution in [0.15, 0.2) is 54.7 Å². The first-order valence-corrected chi connectivity index (χ1v) is 9.03. The minimum atomic E-state index is -0.0192. The van der Waals surface area contributed by atoms with Gasteiger partial charge in [0, 0.05) is 11.1 Å². The molecule has 2 aromatic carbocycles. The largest absolute Gasteiger partial charge is 0.493 e. The van der Waals surface area contributed by atoms with E-state index in [0.29, 0.717) is 17.2 Å². The molecule has 1 N–H and O–H groups in total. The molecule has 0 unspecified atom stereocenters. The van der Waals surface area contributed by atoms with E-state index in [0.717, 1.165) is 33.7 Å². The summed E-state index contributed by atoms with van der Waals surface area (Å²) >= 11 is 0. The van der Waals surface area contributed by atoms with Crippen LogP contribution in [0.5, 0.6) is 17.2 Å². The van der Waals surface area contributed by atoms with Crippen LogP contribution in [0.3, 0.4) is 0 Å². The third-order valence-electron chi connectivity index (χ3n) is 4.73. The van der Waals surface area contributed by atoms with Crippen molar-refractivity contribution in [2.24, 2.45) is 0 Å². The average Bonchev–Trinajstić information content (AvgIpc) is 3.21. The van der Waals surface area contributed by atoms with Crippen molar-refractivity contribution < 1.29 is 19.3 Å². The minimum Gasteiger partial charge on any atom is -0.493 e. The summed E-state index contributed by atoms with van der Waals surface area (Å²) in [5, 5.41) is 14.2. The predicted molar refractivity (Wildman–Crippen MR) is 109 cm³/mol. The zero-order chi connectivity index (χ0) is 20.4. The Bertz CT molecular complexity index is 1140. The minimum absolute atomic E-state index is 0.0192. The Morgan fingerprint density at radius 1 is 0.897 bits per heavy atom. The van der Waals surface area contributed by atoms with Gasteiger partial charge in [-0.2, -0.15) is 5.10 Å². The second-order valence-electron chi connectivity index (χ2n) is 6.40. The number of rotatable bonds is 6. The Morgan fingerprint density at radius 2 is 1.66 bits per heavy atom. The quantitative estimate of drug-likeness (QED) is 0.541. The first-order chi connectivity index (χ1) is 14.2. The van der Waals surface area contributed by atoms with Crippen molar-refractivity contribution in [3.8, 4) is 39.8 Å². The SMILES string of the molecule is COc1cc(-c2ccc3ncc(-c4cccc(CO)c4)n3n2)cc(OC)c1OC. The summed E-state index contributed by atoms with van der Waals surface area (Å²) in [6, 6.07) is 15.2. The van der Waals surface area contributed by atoms with Gasteiger partial charge in [-0.05, 0) is 35.9 Å². The van der Waals surface area contributed by atoms with E-state index in [2.05, 4.69) is 4.98 Å². The predicted octanol–water partition coefficient (Wildman–Crippen LogP) is 3.58. The Balaban J connectivity index is 1.86. The number of aromatic nitrogens is 3. The second-order valence-corrected chi connectivity index (χ2v) is 6.40. The summed E-state index contributed by atoms with van der Waals surface area (Å²) < 4.78 is 18.1. The molecule has 0 atom stereocenters. The molecular weight excluding hydrogens is 370 g/mol. The van der Waals surface area contributed by atoms with E-state index in [1.807, 2.05) is 48.5 Å². The number of benzene rings is 2. The number of imidazole rings is 1. The maximum atomic E-state index is 9.44. The standard InChI is InChI=1S/C22H21N3O4/c1-27-19-10-16(11-20(28-2)22(19)29-3)17-7-8-21-23-12-18(25(21)24-17)15-6-4-5-14(9-15)13-26/h4-12,26H,13H2,1-3H3. The highest BCUT2D eigenvalue weighted by Gasteiger charge is 2.16. The topological polar surface area (TPSA) is 78.1 Å². The fraction of sp³-hybridized carbons (Fsp3) is 0.182. The van der Waals surface area contributed by atoms with Crippen LogP contribution in [0.4, 0.5) is 0 Å². The summed E-state index contributed by atoms with van der Waals surface area (Å²) in [5.41, 5.74) is 4.88. The molecule has 148 valence electrons. The molecule has 4 aromatic rings. The van der Waals surface area contributed by atoms with Gasteiger partial charge in [-0.15, -0.1) is 0 Å². The highest BCUT2D eigenvalue weighted by molar-refractivity contribution is 5.70. The summed E-state index contributed by atoms with van der Waals surface area (Å²) in [6.07, 6.45) is 1.78. The van der Waals surface area contributed by atoms with Gasteiger partial charge in [0.25, 0.3) is 0 Å². The highest BCUT2D eigenvalue weighted by Crippen LogP contribution is 2.40. The monoisotopic (exact) mass is 391 g/mol. The van der Waals surface area contributed by atoms with Crippen molar-refractivity contribution in [1.29, 1.82) is 0 Å². The molecule has 2 aromatic heterocycles. The number of hydrogen-bond acceptors (Lipinski definition) is 6. The van der Waals surface area contributed by atoms with E-state index in [1.165, 1.54) is 0 Å². The Labute approximate surface area is 168 Å². The van der Waals surface area contributed by atoms with Crippen molar-refractivity contribution in [2.45, 2.75) is 6.61 Å². The molecule has 0 spiro atoms. The number of aliphatic hydroxyl groups is 1. The molecule has 0 saturated carbocycles. The van der Waals surface area contributed by atoms with E-state index < -0.39 is 0 Å². The molecule has 0 bridgehead atoms. The van der Waals surface area contributed by atoms with Crippen molar-refractivity contribution in [2.75, 3.05) is 21.3 Å². The number of methoxy groups -OCH3 is 3. The van der Waals surface area contributed by atoms with E-state index in [-0.39, 0.29) is 6.61 Å². The van der Waals surface area contributed by atoms with Gasteiger partial charge in [-0.3, -0.25) is 0 Å². The van der Waals surface area contributed by atoms with Gasteiger partial charge in [0.2, 0.25) is 5.75 Å². The summed E-state index contributed by atoms with van der Waals surface area (Å²) in [6.45, 7) is -0.0192. The van der Waals surface area contributed by atoms with E-state index in [9.17, 15) is 5.11 Å². The maximum Gasteiger partial charge on any atom is 0.203 e. The normalized spacial score (nSPS) is 10.9. The third kappa shape index (κ3) is 3.36. The number of ether oxygens (including phenoxy) is 3. The number of hydrogen-bond donors (Lipinski definition) is 1. The van der Waals surface area contributed by atoms with Crippen LogP contribution < -0.4 is 14.2 Å². The van der Waals surface area contributed by atoms with Crippen molar-refractivity contribution in [3.63, 3.8) is 0 Å². The summed E-state index contributed by atoms with van der Waals surface area (Å²) in [5.74, 6) is 1.65. The number of fused-ring (bicyclic) bond motifs is 1. The van der Waals surface area contributed by atoms with Crippen LogP contribution in [-0.4, -0.2) is 41.0 Å². The van der Waals surface area contributed by atoms with Crippen LogP contribution in [-0.2, 0) is 6.61 Å². The molecule has 0 aliphatic rings. The van der Waals surface area contributed by atoms with Crippen LogP contribution in [0.1, 0.15) is 5.56 Å².